The van der Waals surface area contributed by atoms with Crippen LogP contribution in [0.1, 0.15) is 26.0 Å². The summed E-state index contributed by atoms with van der Waals surface area (Å²) in [6.07, 6.45) is 1.04. The standard InChI is InChI=1S/C12H20BrNO2/c1-12(2,6-7-14-8-9-15-3)10-4-5-11(13)16-10/h4-5,14H,6-9H2,1-3H3. The van der Waals surface area contributed by atoms with Crippen LogP contribution in [0.25, 0.3) is 0 Å². The summed E-state index contributed by atoms with van der Waals surface area (Å²) in [5.74, 6) is 1.02. The van der Waals surface area contributed by atoms with Gasteiger partial charge in [0.1, 0.15) is 5.76 Å². The van der Waals surface area contributed by atoms with Gasteiger partial charge < -0.3 is 14.5 Å². The van der Waals surface area contributed by atoms with E-state index in [1.54, 1.807) is 7.11 Å². The van der Waals surface area contributed by atoms with Gasteiger partial charge in [0.2, 0.25) is 0 Å². The van der Waals surface area contributed by atoms with Crippen LogP contribution in [-0.2, 0) is 10.2 Å². The van der Waals surface area contributed by atoms with Crippen LogP contribution in [0.4, 0.5) is 0 Å². The number of methoxy groups -OCH3 is 1. The van der Waals surface area contributed by atoms with Gasteiger partial charge in [-0.3, -0.25) is 0 Å². The smallest absolute Gasteiger partial charge is 0.169 e. The summed E-state index contributed by atoms with van der Waals surface area (Å²) in [5, 5.41) is 3.34. The fraction of sp³-hybridized carbons (Fsp3) is 0.667. The molecule has 4 heteroatoms. The lowest BCUT2D eigenvalue weighted by molar-refractivity contribution is 0.198. The van der Waals surface area contributed by atoms with E-state index in [9.17, 15) is 0 Å². The monoisotopic (exact) mass is 289 g/mol. The van der Waals surface area contributed by atoms with Crippen molar-refractivity contribution in [3.05, 3.63) is 22.6 Å². The van der Waals surface area contributed by atoms with Crippen LogP contribution in [0.15, 0.2) is 21.2 Å². The molecule has 92 valence electrons. The zero-order chi connectivity index (χ0) is 12.0. The summed E-state index contributed by atoms with van der Waals surface area (Å²) in [5.41, 5.74) is 0.0616. The van der Waals surface area contributed by atoms with Crippen molar-refractivity contribution in [2.24, 2.45) is 0 Å². The predicted octanol–water partition coefficient (Wildman–Crippen LogP) is 2.95. The Morgan fingerprint density at radius 1 is 1.38 bits per heavy atom. The maximum atomic E-state index is 5.59. The Morgan fingerprint density at radius 3 is 2.69 bits per heavy atom. The van der Waals surface area contributed by atoms with Crippen LogP contribution in [0.3, 0.4) is 0 Å². The molecule has 0 aliphatic rings. The van der Waals surface area contributed by atoms with Crippen molar-refractivity contribution in [2.75, 3.05) is 26.8 Å². The summed E-state index contributed by atoms with van der Waals surface area (Å²) >= 11 is 3.33. The summed E-state index contributed by atoms with van der Waals surface area (Å²) in [6.45, 7) is 7.00. The van der Waals surface area contributed by atoms with E-state index in [-0.39, 0.29) is 5.41 Å². The highest BCUT2D eigenvalue weighted by molar-refractivity contribution is 9.10. The first-order valence-corrected chi connectivity index (χ1v) is 6.31. The molecular weight excluding hydrogens is 270 g/mol. The topological polar surface area (TPSA) is 34.4 Å². The minimum Gasteiger partial charge on any atom is -0.454 e. The van der Waals surface area contributed by atoms with Gasteiger partial charge in [0.05, 0.1) is 6.61 Å². The van der Waals surface area contributed by atoms with Crippen LogP contribution in [0, 0.1) is 0 Å². The lowest BCUT2D eigenvalue weighted by Gasteiger charge is -2.22. The number of nitrogens with one attached hydrogen (secondary N) is 1. The Kier molecular flexibility index (Phi) is 5.52. The number of rotatable bonds is 7. The predicted molar refractivity (Wildman–Crippen MR) is 68.8 cm³/mol. The molecule has 0 spiro atoms. The molecule has 0 radical (unpaired) electrons. The molecule has 1 rings (SSSR count). The zero-order valence-corrected chi connectivity index (χ0v) is 11.8. The maximum Gasteiger partial charge on any atom is 0.169 e. The molecule has 0 amide bonds. The van der Waals surface area contributed by atoms with Gasteiger partial charge in [-0.1, -0.05) is 13.8 Å². The summed E-state index contributed by atoms with van der Waals surface area (Å²) in [6, 6.07) is 3.97. The van der Waals surface area contributed by atoms with Crippen LogP contribution in [0.2, 0.25) is 0 Å². The van der Waals surface area contributed by atoms with Crippen molar-refractivity contribution in [1.29, 1.82) is 0 Å². The molecule has 0 atom stereocenters. The Hall–Kier alpha value is -0.320. The number of hydrogen-bond acceptors (Lipinski definition) is 3. The van der Waals surface area contributed by atoms with Gasteiger partial charge in [0.15, 0.2) is 4.67 Å². The second-order valence-electron chi connectivity index (χ2n) is 4.48. The van der Waals surface area contributed by atoms with Crippen molar-refractivity contribution in [3.8, 4) is 0 Å². The fourth-order valence-corrected chi connectivity index (χ4v) is 1.81. The van der Waals surface area contributed by atoms with E-state index in [0.29, 0.717) is 0 Å². The molecule has 1 aromatic heterocycles. The van der Waals surface area contributed by atoms with E-state index in [2.05, 4.69) is 35.1 Å². The van der Waals surface area contributed by atoms with E-state index < -0.39 is 0 Å². The molecule has 1 heterocycles. The van der Waals surface area contributed by atoms with Gasteiger partial charge in [0.25, 0.3) is 0 Å². The van der Waals surface area contributed by atoms with Crippen LogP contribution < -0.4 is 5.32 Å². The largest absolute Gasteiger partial charge is 0.454 e. The molecule has 0 aromatic carbocycles. The van der Waals surface area contributed by atoms with Crippen LogP contribution in [-0.4, -0.2) is 26.8 Å². The van der Waals surface area contributed by atoms with Gasteiger partial charge in [-0.2, -0.15) is 0 Å². The van der Waals surface area contributed by atoms with E-state index in [4.69, 9.17) is 9.15 Å². The Bertz CT molecular complexity index is 310. The summed E-state index contributed by atoms with van der Waals surface area (Å²) in [7, 11) is 1.71. The third-order valence-corrected chi connectivity index (χ3v) is 3.08. The number of hydrogen-bond donors (Lipinski definition) is 1. The lowest BCUT2D eigenvalue weighted by Crippen LogP contribution is -2.27. The number of halogens is 1. The number of furan rings is 1. The Morgan fingerprint density at radius 2 is 2.12 bits per heavy atom. The third kappa shape index (κ3) is 4.28. The highest BCUT2D eigenvalue weighted by Crippen LogP contribution is 2.29. The normalized spacial score (nSPS) is 12.0. The van der Waals surface area contributed by atoms with Gasteiger partial charge >= 0.3 is 0 Å². The molecule has 0 fully saturated rings. The first-order chi connectivity index (χ1) is 7.56. The molecule has 0 bridgehead atoms. The summed E-state index contributed by atoms with van der Waals surface area (Å²) in [4.78, 5) is 0. The summed E-state index contributed by atoms with van der Waals surface area (Å²) < 4.78 is 11.4. The second-order valence-corrected chi connectivity index (χ2v) is 5.26. The highest BCUT2D eigenvalue weighted by Gasteiger charge is 2.23. The highest BCUT2D eigenvalue weighted by atomic mass is 79.9. The SMILES string of the molecule is COCCNCCC(C)(C)c1ccc(Br)o1. The average molecular weight is 290 g/mol. The zero-order valence-electron chi connectivity index (χ0n) is 10.2. The molecule has 0 aliphatic heterocycles. The van der Waals surface area contributed by atoms with Gasteiger partial charge in [0, 0.05) is 19.1 Å². The van der Waals surface area contributed by atoms with Crippen LogP contribution >= 0.6 is 15.9 Å². The molecule has 1 aromatic rings. The van der Waals surface area contributed by atoms with Crippen molar-refractivity contribution < 1.29 is 9.15 Å². The van der Waals surface area contributed by atoms with Crippen molar-refractivity contribution >= 4 is 15.9 Å². The quantitative estimate of drug-likeness (QED) is 0.784. The minimum atomic E-state index is 0.0616. The van der Waals surface area contributed by atoms with E-state index in [1.807, 2.05) is 12.1 Å². The maximum absolute atomic E-state index is 5.59. The third-order valence-electron chi connectivity index (χ3n) is 2.65. The average Bonchev–Trinajstić information content (AvgIpc) is 2.65. The molecule has 0 aliphatic carbocycles. The first-order valence-electron chi connectivity index (χ1n) is 5.52. The fourth-order valence-electron chi connectivity index (χ4n) is 1.50. The van der Waals surface area contributed by atoms with Gasteiger partial charge in [-0.25, -0.2) is 0 Å². The molecule has 1 N–H and O–H groups in total. The van der Waals surface area contributed by atoms with E-state index >= 15 is 0 Å². The van der Waals surface area contributed by atoms with Crippen LogP contribution in [0.5, 0.6) is 0 Å². The van der Waals surface area contributed by atoms with Crippen molar-refractivity contribution in [2.45, 2.75) is 25.7 Å². The minimum absolute atomic E-state index is 0.0616. The molecule has 0 saturated carbocycles. The van der Waals surface area contributed by atoms with E-state index in [1.165, 1.54) is 0 Å². The van der Waals surface area contributed by atoms with Gasteiger partial charge in [-0.05, 0) is 41.0 Å². The van der Waals surface area contributed by atoms with E-state index in [0.717, 1.165) is 36.5 Å². The molecule has 0 unspecified atom stereocenters. The lowest BCUT2D eigenvalue weighted by atomic mass is 9.86. The Labute approximate surface area is 106 Å². The molecule has 3 nitrogen and oxygen atoms in total. The van der Waals surface area contributed by atoms with Gasteiger partial charge in [-0.15, -0.1) is 0 Å². The Balaban J connectivity index is 2.34. The van der Waals surface area contributed by atoms with Crippen molar-refractivity contribution in [3.63, 3.8) is 0 Å². The molecule has 0 saturated heterocycles. The molecular formula is C12H20BrNO2. The van der Waals surface area contributed by atoms with Crippen molar-refractivity contribution in [1.82, 2.24) is 5.32 Å². The first kappa shape index (κ1) is 13.7. The molecule has 16 heavy (non-hydrogen) atoms. The second kappa shape index (κ2) is 6.42. The number of ether oxygens (including phenoxy) is 1.